The van der Waals surface area contributed by atoms with E-state index in [0.717, 1.165) is 11.1 Å². The number of benzene rings is 3. The van der Waals surface area contributed by atoms with Crippen molar-refractivity contribution in [3.63, 3.8) is 0 Å². The Kier molecular flexibility index (Phi) is 5.45. The normalized spacial score (nSPS) is 11.6. The average Bonchev–Trinajstić information content (AvgIpc) is 3.09. The molecular formula is C26H21NO2. The molecule has 0 unspecified atom stereocenters. The summed E-state index contributed by atoms with van der Waals surface area (Å²) in [5, 5.41) is 2.70. The largest absolute Gasteiger partial charge is 0.449 e. The van der Waals surface area contributed by atoms with E-state index >= 15 is 0 Å². The Bertz CT molecular complexity index is 1060. The first-order valence-corrected chi connectivity index (χ1v) is 9.56. The minimum atomic E-state index is -0.455. The molecule has 3 nitrogen and oxygen atoms in total. The van der Waals surface area contributed by atoms with Crippen LogP contribution in [-0.4, -0.2) is 19.2 Å². The summed E-state index contributed by atoms with van der Waals surface area (Å²) in [7, 11) is 0. The Balaban J connectivity index is 1.33. The van der Waals surface area contributed by atoms with E-state index < -0.39 is 6.09 Å². The maximum absolute atomic E-state index is 12.1. The number of amides is 1. The monoisotopic (exact) mass is 379 g/mol. The van der Waals surface area contributed by atoms with E-state index in [1.165, 1.54) is 22.3 Å². The molecule has 142 valence electrons. The van der Waals surface area contributed by atoms with Gasteiger partial charge in [-0.05, 0) is 39.9 Å². The fraction of sp³-hybridized carbons (Fsp3) is 0.115. The molecule has 3 aromatic rings. The standard InChI is InChI=1S/C26H21NO2/c1-2-19-13-15-20(16-14-19)8-7-17-27-26(28)29-18-25-23-11-5-3-9-21(23)22-10-4-6-12-24(22)25/h2-6,9-16,25H,1,17-18H2,(H,27,28). The van der Waals surface area contributed by atoms with Crippen LogP contribution < -0.4 is 5.32 Å². The van der Waals surface area contributed by atoms with Gasteiger partial charge >= 0.3 is 6.09 Å². The fourth-order valence-corrected chi connectivity index (χ4v) is 3.61. The van der Waals surface area contributed by atoms with Crippen LogP contribution in [0.1, 0.15) is 28.2 Å². The Labute approximate surface area is 171 Å². The maximum Gasteiger partial charge on any atom is 0.407 e. The summed E-state index contributed by atoms with van der Waals surface area (Å²) in [6.45, 7) is 4.27. The van der Waals surface area contributed by atoms with Crippen LogP contribution in [0.4, 0.5) is 4.79 Å². The number of nitrogens with one attached hydrogen (secondary N) is 1. The minimum absolute atomic E-state index is 0.0580. The van der Waals surface area contributed by atoms with Crippen LogP contribution in [-0.2, 0) is 4.74 Å². The van der Waals surface area contributed by atoms with E-state index in [9.17, 15) is 4.79 Å². The molecule has 0 fully saturated rings. The second-order valence-electron chi connectivity index (χ2n) is 6.81. The van der Waals surface area contributed by atoms with Crippen LogP contribution in [0.25, 0.3) is 17.2 Å². The third-order valence-corrected chi connectivity index (χ3v) is 5.04. The number of hydrogen-bond acceptors (Lipinski definition) is 2. The van der Waals surface area contributed by atoms with Crippen LogP contribution in [0.2, 0.25) is 0 Å². The number of alkyl carbamates (subject to hydrolysis) is 1. The number of rotatable bonds is 4. The van der Waals surface area contributed by atoms with Gasteiger partial charge in [-0.25, -0.2) is 4.79 Å². The Morgan fingerprint density at radius 1 is 0.966 bits per heavy atom. The molecule has 1 aliphatic carbocycles. The van der Waals surface area contributed by atoms with Crippen molar-refractivity contribution >= 4 is 12.2 Å². The lowest BCUT2D eigenvalue weighted by molar-refractivity contribution is 0.144. The number of fused-ring (bicyclic) bond motifs is 3. The highest BCUT2D eigenvalue weighted by molar-refractivity contribution is 5.79. The molecule has 1 aliphatic rings. The minimum Gasteiger partial charge on any atom is -0.449 e. The van der Waals surface area contributed by atoms with Gasteiger partial charge in [0.2, 0.25) is 0 Å². The molecule has 0 atom stereocenters. The molecule has 1 N–H and O–H groups in total. The molecular weight excluding hydrogens is 358 g/mol. The first-order valence-electron chi connectivity index (χ1n) is 9.56. The molecule has 3 aromatic carbocycles. The van der Waals surface area contributed by atoms with Gasteiger partial charge in [-0.15, -0.1) is 0 Å². The fourth-order valence-electron chi connectivity index (χ4n) is 3.61. The molecule has 0 aromatic heterocycles. The number of hydrogen-bond donors (Lipinski definition) is 1. The first-order chi connectivity index (χ1) is 14.3. The zero-order valence-electron chi connectivity index (χ0n) is 16.0. The van der Waals surface area contributed by atoms with Crippen molar-refractivity contribution in [2.45, 2.75) is 5.92 Å². The molecule has 0 aliphatic heterocycles. The molecule has 0 heterocycles. The van der Waals surface area contributed by atoms with Gasteiger partial charge < -0.3 is 10.1 Å². The van der Waals surface area contributed by atoms with Crippen molar-refractivity contribution in [3.8, 4) is 23.0 Å². The van der Waals surface area contributed by atoms with Crippen LogP contribution in [0.15, 0.2) is 79.4 Å². The second-order valence-corrected chi connectivity index (χ2v) is 6.81. The van der Waals surface area contributed by atoms with E-state index in [-0.39, 0.29) is 12.5 Å². The lowest BCUT2D eigenvalue weighted by Gasteiger charge is -2.14. The van der Waals surface area contributed by atoms with Gasteiger partial charge in [-0.3, -0.25) is 0 Å². The molecule has 4 rings (SSSR count). The summed E-state index contributed by atoms with van der Waals surface area (Å²) in [6.07, 6.45) is 1.33. The molecule has 3 heteroatoms. The highest BCUT2D eigenvalue weighted by Gasteiger charge is 2.28. The van der Waals surface area contributed by atoms with Crippen molar-refractivity contribution in [1.29, 1.82) is 0 Å². The SMILES string of the molecule is C=Cc1ccc(C#CCNC(=O)OCC2c3ccccc3-c3ccccc32)cc1. The first kappa shape index (κ1) is 18.6. The third kappa shape index (κ3) is 4.07. The smallest absolute Gasteiger partial charge is 0.407 e. The van der Waals surface area contributed by atoms with E-state index in [1.54, 1.807) is 6.08 Å². The van der Waals surface area contributed by atoms with Gasteiger partial charge in [0.1, 0.15) is 6.61 Å². The molecule has 0 bridgehead atoms. The van der Waals surface area contributed by atoms with Gasteiger partial charge in [-0.2, -0.15) is 0 Å². The Hall–Kier alpha value is -3.77. The highest BCUT2D eigenvalue weighted by Crippen LogP contribution is 2.44. The number of carbonyl (C=O) groups is 1. The lowest BCUT2D eigenvalue weighted by atomic mass is 9.98. The average molecular weight is 379 g/mol. The maximum atomic E-state index is 12.1. The number of ether oxygens (including phenoxy) is 1. The molecule has 0 saturated carbocycles. The van der Waals surface area contributed by atoms with Gasteiger partial charge in [0.25, 0.3) is 0 Å². The quantitative estimate of drug-likeness (QED) is 0.631. The van der Waals surface area contributed by atoms with Crippen molar-refractivity contribution in [2.24, 2.45) is 0 Å². The summed E-state index contributed by atoms with van der Waals surface area (Å²) in [6, 6.07) is 24.3. The van der Waals surface area contributed by atoms with Gasteiger partial charge in [0, 0.05) is 11.5 Å². The van der Waals surface area contributed by atoms with E-state index in [2.05, 4.69) is 48.0 Å². The second kappa shape index (κ2) is 8.50. The molecule has 0 saturated heterocycles. The van der Waals surface area contributed by atoms with Crippen LogP contribution in [0.5, 0.6) is 0 Å². The van der Waals surface area contributed by atoms with Gasteiger partial charge in [0.05, 0.1) is 6.54 Å². The molecule has 1 amide bonds. The van der Waals surface area contributed by atoms with E-state index in [0.29, 0.717) is 6.61 Å². The van der Waals surface area contributed by atoms with Crippen molar-refractivity contribution < 1.29 is 9.53 Å². The summed E-state index contributed by atoms with van der Waals surface area (Å²) in [5.41, 5.74) is 6.77. The highest BCUT2D eigenvalue weighted by atomic mass is 16.5. The summed E-state index contributed by atoms with van der Waals surface area (Å²) < 4.78 is 5.49. The third-order valence-electron chi connectivity index (χ3n) is 5.04. The lowest BCUT2D eigenvalue weighted by Crippen LogP contribution is -2.26. The predicted octanol–water partition coefficient (Wildman–Crippen LogP) is 5.22. The Morgan fingerprint density at radius 2 is 1.59 bits per heavy atom. The van der Waals surface area contributed by atoms with E-state index in [4.69, 9.17) is 4.74 Å². The van der Waals surface area contributed by atoms with Crippen LogP contribution in [0.3, 0.4) is 0 Å². The summed E-state index contributed by atoms with van der Waals surface area (Å²) >= 11 is 0. The molecule has 0 radical (unpaired) electrons. The Morgan fingerprint density at radius 3 is 2.21 bits per heavy atom. The predicted molar refractivity (Wildman–Crippen MR) is 116 cm³/mol. The zero-order valence-corrected chi connectivity index (χ0v) is 16.0. The molecule has 0 spiro atoms. The van der Waals surface area contributed by atoms with E-state index in [1.807, 2.05) is 48.5 Å². The van der Waals surface area contributed by atoms with Gasteiger partial charge in [-0.1, -0.05) is 85.2 Å². The van der Waals surface area contributed by atoms with Crippen molar-refractivity contribution in [2.75, 3.05) is 13.2 Å². The topological polar surface area (TPSA) is 38.3 Å². The summed E-state index contributed by atoms with van der Waals surface area (Å²) in [4.78, 5) is 12.1. The van der Waals surface area contributed by atoms with Crippen molar-refractivity contribution in [1.82, 2.24) is 5.32 Å². The van der Waals surface area contributed by atoms with Gasteiger partial charge in [0.15, 0.2) is 0 Å². The van der Waals surface area contributed by atoms with Crippen LogP contribution in [0, 0.1) is 11.8 Å². The summed E-state index contributed by atoms with van der Waals surface area (Å²) in [5.74, 6) is 6.02. The van der Waals surface area contributed by atoms with Crippen molar-refractivity contribution in [3.05, 3.63) is 102 Å². The number of carbonyl (C=O) groups excluding carboxylic acids is 1. The molecule has 29 heavy (non-hydrogen) atoms. The zero-order chi connectivity index (χ0) is 20.1. The van der Waals surface area contributed by atoms with Crippen LogP contribution >= 0.6 is 0 Å².